The average Bonchev–Trinajstić information content (AvgIpc) is 3.48. The molecule has 7 nitrogen and oxygen atoms in total. The number of anilines is 1. The summed E-state index contributed by atoms with van der Waals surface area (Å²) in [7, 11) is 5.62. The number of amides is 1. The number of carbonyl (C=O) groups is 1. The van der Waals surface area contributed by atoms with Gasteiger partial charge in [0, 0.05) is 53.3 Å². The van der Waals surface area contributed by atoms with Crippen molar-refractivity contribution in [2.24, 2.45) is 0 Å². The number of carbonyl (C=O) groups excluding carboxylic acids is 1. The zero-order valence-corrected chi connectivity index (χ0v) is 24.2. The van der Waals surface area contributed by atoms with Crippen molar-refractivity contribution in [1.82, 2.24) is 9.88 Å². The first kappa shape index (κ1) is 27.2. The van der Waals surface area contributed by atoms with E-state index in [2.05, 4.69) is 22.0 Å². The molecule has 206 valence electrons. The van der Waals surface area contributed by atoms with Crippen LogP contribution in [-0.4, -0.2) is 68.2 Å². The zero-order valence-electron chi connectivity index (χ0n) is 23.4. The number of likely N-dealkylation sites (N-methyl/N-ethyl adjacent to an activating group) is 1. The number of rotatable bonds is 8. The Morgan fingerprint density at radius 3 is 2.49 bits per heavy atom. The van der Waals surface area contributed by atoms with Gasteiger partial charge in [0.05, 0.1) is 12.8 Å². The van der Waals surface area contributed by atoms with E-state index in [-0.39, 0.29) is 17.4 Å². The number of fused-ring (bicyclic) bond motifs is 4. The minimum absolute atomic E-state index is 0.0142. The Labute approximate surface area is 234 Å². The fourth-order valence-electron chi connectivity index (χ4n) is 5.16. The summed E-state index contributed by atoms with van der Waals surface area (Å²) in [6.45, 7) is 7.88. The number of aromatic nitrogens is 1. The molecule has 0 fully saturated rings. The Bertz CT molecular complexity index is 1520. The second kappa shape index (κ2) is 10.6. The van der Waals surface area contributed by atoms with E-state index in [1.54, 1.807) is 7.11 Å². The van der Waals surface area contributed by atoms with Crippen molar-refractivity contribution in [3.05, 3.63) is 59.8 Å². The quantitative estimate of drug-likeness (QED) is 0.256. The predicted octanol–water partition coefficient (Wildman–Crippen LogP) is 6.43. The van der Waals surface area contributed by atoms with Gasteiger partial charge in [0.2, 0.25) is 0 Å². The van der Waals surface area contributed by atoms with E-state index < -0.39 is 0 Å². The molecular weight excluding hydrogens is 514 g/mol. The number of ether oxygens (including phenoxy) is 3. The number of H-pyrrole nitrogens is 1. The number of nitrogens with one attached hydrogen (secondary N) is 1. The van der Waals surface area contributed by atoms with Gasteiger partial charge in [0.25, 0.3) is 5.91 Å². The third kappa shape index (κ3) is 5.38. The lowest BCUT2D eigenvalue weighted by Gasteiger charge is -2.25. The van der Waals surface area contributed by atoms with Crippen molar-refractivity contribution in [1.29, 1.82) is 0 Å². The van der Waals surface area contributed by atoms with Gasteiger partial charge in [-0.1, -0.05) is 24.3 Å². The molecule has 0 saturated heterocycles. The lowest BCUT2D eigenvalue weighted by atomic mass is 9.95. The second-order valence-corrected chi connectivity index (χ2v) is 11.6. The van der Waals surface area contributed by atoms with E-state index in [0.29, 0.717) is 36.2 Å². The van der Waals surface area contributed by atoms with Crippen LogP contribution < -0.4 is 19.1 Å². The van der Waals surface area contributed by atoms with Gasteiger partial charge in [-0.05, 0) is 57.9 Å². The summed E-state index contributed by atoms with van der Waals surface area (Å²) in [5.74, 6) is 2.33. The second-order valence-electron chi connectivity index (χ2n) is 11.3. The number of methoxy groups -OCH3 is 1. The summed E-state index contributed by atoms with van der Waals surface area (Å²) >= 11 is 6.47. The van der Waals surface area contributed by atoms with Gasteiger partial charge in [-0.3, -0.25) is 4.79 Å². The fraction of sp³-hybridized carbons (Fsp3) is 0.387. The number of halogens is 1. The van der Waals surface area contributed by atoms with Crippen LogP contribution in [0.3, 0.4) is 0 Å². The van der Waals surface area contributed by atoms with E-state index in [9.17, 15) is 4.79 Å². The lowest BCUT2D eigenvalue weighted by Crippen LogP contribution is -2.30. The Balaban J connectivity index is 1.54. The van der Waals surface area contributed by atoms with E-state index in [0.717, 1.165) is 45.2 Å². The summed E-state index contributed by atoms with van der Waals surface area (Å²) < 4.78 is 17.9. The third-order valence-corrected chi connectivity index (χ3v) is 7.28. The average molecular weight is 550 g/mol. The molecule has 0 bridgehead atoms. The first-order chi connectivity index (χ1) is 18.6. The molecule has 0 unspecified atom stereocenters. The topological polar surface area (TPSA) is 67.0 Å². The van der Waals surface area contributed by atoms with Crippen molar-refractivity contribution in [2.75, 3.05) is 51.7 Å². The summed E-state index contributed by atoms with van der Waals surface area (Å²) in [5, 5.41) is 2.97. The van der Waals surface area contributed by atoms with Crippen LogP contribution in [0, 0.1) is 0 Å². The minimum Gasteiger partial charge on any atom is -0.493 e. The molecule has 0 aliphatic carbocycles. The number of hydrogen-bond acceptors (Lipinski definition) is 5. The largest absolute Gasteiger partial charge is 0.493 e. The smallest absolute Gasteiger partial charge is 0.274 e. The van der Waals surface area contributed by atoms with E-state index in [4.69, 9.17) is 25.8 Å². The Hall–Kier alpha value is -3.42. The fourth-order valence-corrected chi connectivity index (χ4v) is 5.41. The van der Waals surface area contributed by atoms with Crippen molar-refractivity contribution < 1.29 is 19.0 Å². The zero-order chi connectivity index (χ0) is 27.9. The molecule has 1 atom stereocenters. The van der Waals surface area contributed by atoms with Gasteiger partial charge in [-0.25, -0.2) is 0 Å². The molecule has 2 heterocycles. The van der Waals surface area contributed by atoms with Gasteiger partial charge in [-0.15, -0.1) is 11.6 Å². The first-order valence-electron chi connectivity index (χ1n) is 13.2. The normalized spacial score (nSPS) is 15.3. The van der Waals surface area contributed by atoms with Gasteiger partial charge in [0.15, 0.2) is 11.5 Å². The molecule has 39 heavy (non-hydrogen) atoms. The van der Waals surface area contributed by atoms with Crippen molar-refractivity contribution in [2.45, 2.75) is 32.3 Å². The lowest BCUT2D eigenvalue weighted by molar-refractivity contribution is 0.0984. The maximum absolute atomic E-state index is 14.0. The van der Waals surface area contributed by atoms with Crippen molar-refractivity contribution >= 4 is 44.9 Å². The van der Waals surface area contributed by atoms with Crippen LogP contribution in [0.5, 0.6) is 17.2 Å². The maximum Gasteiger partial charge on any atom is 0.274 e. The highest BCUT2D eigenvalue weighted by atomic mass is 35.5. The highest BCUT2D eigenvalue weighted by Crippen LogP contribution is 2.46. The SMILES string of the molecule is COc1cc2[nH]c(C(=O)N3C[C@@H](CCl)c4c3cc(OC(C)(C)C)c3ccccc43)cc2cc1OCCN(C)C. The number of nitrogens with zero attached hydrogens (tertiary/aromatic N) is 2. The highest BCUT2D eigenvalue weighted by Gasteiger charge is 2.36. The molecule has 1 N–H and O–H groups in total. The van der Waals surface area contributed by atoms with Crippen LogP contribution in [-0.2, 0) is 0 Å². The Kier molecular flexibility index (Phi) is 7.40. The molecule has 1 aliphatic rings. The summed E-state index contributed by atoms with van der Waals surface area (Å²) in [6.07, 6.45) is 0. The number of benzene rings is 3. The Morgan fingerprint density at radius 2 is 1.82 bits per heavy atom. The molecule has 1 aliphatic heterocycles. The molecule has 3 aromatic carbocycles. The molecule has 0 saturated carbocycles. The molecule has 5 rings (SSSR count). The van der Waals surface area contributed by atoms with Gasteiger partial charge in [-0.2, -0.15) is 0 Å². The Morgan fingerprint density at radius 1 is 1.08 bits per heavy atom. The summed E-state index contributed by atoms with van der Waals surface area (Å²) in [5.41, 5.74) is 2.83. The molecule has 0 radical (unpaired) electrons. The maximum atomic E-state index is 14.0. The van der Waals surface area contributed by atoms with Crippen molar-refractivity contribution in [3.8, 4) is 17.2 Å². The van der Waals surface area contributed by atoms with Crippen LogP contribution in [0.4, 0.5) is 5.69 Å². The molecule has 1 amide bonds. The third-order valence-electron chi connectivity index (χ3n) is 6.91. The number of hydrogen-bond donors (Lipinski definition) is 1. The highest BCUT2D eigenvalue weighted by molar-refractivity contribution is 6.19. The summed E-state index contributed by atoms with van der Waals surface area (Å²) in [6, 6.07) is 15.8. The standard InChI is InChI=1S/C31H36ClN3O4/c1-31(2,3)39-26-16-25-29(22-10-8-7-9-21(22)26)20(17-32)18-35(25)30(36)24-13-19-14-28(38-12-11-34(4)5)27(37-6)15-23(19)33-24/h7-10,13-16,20,33H,11-12,17-18H2,1-6H3/t20-/m1/s1. The molecule has 1 aromatic heterocycles. The van der Waals surface area contributed by atoms with E-state index >= 15 is 0 Å². The first-order valence-corrected chi connectivity index (χ1v) is 13.7. The van der Waals surface area contributed by atoms with Gasteiger partial charge >= 0.3 is 0 Å². The van der Waals surface area contributed by atoms with Crippen LogP contribution in [0.2, 0.25) is 0 Å². The van der Waals surface area contributed by atoms with Crippen molar-refractivity contribution in [3.63, 3.8) is 0 Å². The van der Waals surface area contributed by atoms with Gasteiger partial charge < -0.3 is 29.0 Å². The predicted molar refractivity (Wildman–Crippen MR) is 158 cm³/mol. The summed E-state index contributed by atoms with van der Waals surface area (Å²) in [4.78, 5) is 21.2. The van der Waals surface area contributed by atoms with Gasteiger partial charge in [0.1, 0.15) is 23.7 Å². The van der Waals surface area contributed by atoms with Crippen LogP contribution in [0.15, 0.2) is 48.5 Å². The van der Waals surface area contributed by atoms with Crippen LogP contribution in [0.25, 0.3) is 21.7 Å². The monoisotopic (exact) mass is 549 g/mol. The van der Waals surface area contributed by atoms with E-state index in [1.807, 2.05) is 76.2 Å². The molecule has 0 spiro atoms. The molecular formula is C31H36ClN3O4. The number of aromatic amines is 1. The van der Waals surface area contributed by atoms with E-state index in [1.165, 1.54) is 0 Å². The number of alkyl halides is 1. The molecule has 4 aromatic rings. The van der Waals surface area contributed by atoms with Crippen LogP contribution in [0.1, 0.15) is 42.7 Å². The van der Waals surface area contributed by atoms with Crippen LogP contribution >= 0.6 is 11.6 Å². The minimum atomic E-state index is -0.390. The molecule has 8 heteroatoms.